The minimum Gasteiger partial charge on any atom is -0.280 e. The zero-order valence-corrected chi connectivity index (χ0v) is 18.9. The number of halogens is 1. The van der Waals surface area contributed by atoms with Gasteiger partial charge >= 0.3 is 0 Å². The molecule has 2 heterocycles. The van der Waals surface area contributed by atoms with Crippen LogP contribution in [0.3, 0.4) is 0 Å². The molecule has 2 aromatic carbocycles. The molecule has 164 valence electrons. The Hall–Kier alpha value is -2.36. The van der Waals surface area contributed by atoms with Gasteiger partial charge in [-0.2, -0.15) is 0 Å². The molecule has 0 saturated carbocycles. The summed E-state index contributed by atoms with van der Waals surface area (Å²) in [6.45, 7) is 3.23. The third kappa shape index (κ3) is 4.78. The average Bonchev–Trinajstić information content (AvgIpc) is 3.28. The van der Waals surface area contributed by atoms with Crippen LogP contribution in [0.15, 0.2) is 54.6 Å². The molecule has 31 heavy (non-hydrogen) atoms. The first-order chi connectivity index (χ1) is 14.9. The van der Waals surface area contributed by atoms with Crippen molar-refractivity contribution in [2.45, 2.75) is 32.5 Å². The lowest BCUT2D eigenvalue weighted by molar-refractivity contribution is 0.155. The predicted octanol–water partition coefficient (Wildman–Crippen LogP) is 4.07. The molecule has 0 amide bonds. The number of aromatic nitrogens is 3. The standard InChI is InChI=1S/C22H25FN4O2S2/c1-2-13-25(20-12-14-31(28,29)15-20)16-26-22(30)27(19-10-8-18(23)9-11-19)21(24-26)17-6-4-3-5-7-17/h3-11,20H,2,12-16H2,1H3/t20-/m1/s1. The highest BCUT2D eigenvalue weighted by molar-refractivity contribution is 7.91. The molecule has 1 aromatic heterocycles. The monoisotopic (exact) mass is 460 g/mol. The molecular weight excluding hydrogens is 435 g/mol. The first-order valence-electron chi connectivity index (χ1n) is 10.3. The van der Waals surface area contributed by atoms with E-state index in [1.807, 2.05) is 34.9 Å². The highest BCUT2D eigenvalue weighted by Gasteiger charge is 2.32. The van der Waals surface area contributed by atoms with E-state index in [0.29, 0.717) is 23.7 Å². The van der Waals surface area contributed by atoms with Crippen LogP contribution < -0.4 is 0 Å². The number of sulfone groups is 1. The zero-order chi connectivity index (χ0) is 22.0. The largest absolute Gasteiger partial charge is 0.280 e. The molecule has 4 rings (SSSR count). The Morgan fingerprint density at radius 3 is 2.48 bits per heavy atom. The maximum absolute atomic E-state index is 13.5. The molecule has 9 heteroatoms. The van der Waals surface area contributed by atoms with Gasteiger partial charge in [-0.1, -0.05) is 37.3 Å². The lowest BCUT2D eigenvalue weighted by Crippen LogP contribution is -2.38. The molecule has 1 saturated heterocycles. The van der Waals surface area contributed by atoms with Crippen LogP contribution in [-0.2, 0) is 16.5 Å². The van der Waals surface area contributed by atoms with E-state index in [0.717, 1.165) is 24.2 Å². The van der Waals surface area contributed by atoms with E-state index in [9.17, 15) is 12.8 Å². The number of hydrogen-bond acceptors (Lipinski definition) is 5. The Labute approximate surface area is 186 Å². The Kier molecular flexibility index (Phi) is 6.36. The lowest BCUT2D eigenvalue weighted by atomic mass is 10.2. The first kappa shape index (κ1) is 21.9. The fraction of sp³-hybridized carbons (Fsp3) is 0.364. The van der Waals surface area contributed by atoms with Crippen LogP contribution in [0, 0.1) is 10.6 Å². The molecule has 6 nitrogen and oxygen atoms in total. The normalized spacial score (nSPS) is 18.0. The summed E-state index contributed by atoms with van der Waals surface area (Å²) in [4.78, 5) is 2.15. The van der Waals surface area contributed by atoms with Crippen LogP contribution >= 0.6 is 12.2 Å². The summed E-state index contributed by atoms with van der Waals surface area (Å²) < 4.78 is 41.6. The van der Waals surface area contributed by atoms with Gasteiger partial charge in [0.1, 0.15) is 5.82 Å². The highest BCUT2D eigenvalue weighted by Crippen LogP contribution is 2.24. The third-order valence-corrected chi connectivity index (χ3v) is 7.65. The Balaban J connectivity index is 1.76. The topological polar surface area (TPSA) is 60.1 Å². The molecule has 0 bridgehead atoms. The highest BCUT2D eigenvalue weighted by atomic mass is 32.2. The Morgan fingerprint density at radius 1 is 1.16 bits per heavy atom. The van der Waals surface area contributed by atoms with Crippen LogP contribution in [-0.4, -0.2) is 51.8 Å². The zero-order valence-electron chi connectivity index (χ0n) is 17.3. The molecule has 0 N–H and O–H groups in total. The second-order valence-corrected chi connectivity index (χ2v) is 10.4. The van der Waals surface area contributed by atoms with Gasteiger partial charge in [-0.3, -0.25) is 9.47 Å². The summed E-state index contributed by atoms with van der Waals surface area (Å²) in [6, 6.07) is 15.8. The van der Waals surface area contributed by atoms with Crippen molar-refractivity contribution in [3.8, 4) is 17.1 Å². The second-order valence-electron chi connectivity index (χ2n) is 7.79. The lowest BCUT2D eigenvalue weighted by Gasteiger charge is -2.27. The minimum absolute atomic E-state index is 0.0389. The first-order valence-corrected chi connectivity index (χ1v) is 12.6. The van der Waals surface area contributed by atoms with Crippen molar-refractivity contribution < 1.29 is 12.8 Å². The molecule has 0 aliphatic carbocycles. The van der Waals surface area contributed by atoms with Crippen molar-refractivity contribution in [3.05, 3.63) is 65.2 Å². The van der Waals surface area contributed by atoms with Crippen LogP contribution in [0.4, 0.5) is 4.39 Å². The summed E-state index contributed by atoms with van der Waals surface area (Å²) in [7, 11) is -2.99. The van der Waals surface area contributed by atoms with Gasteiger partial charge in [0.05, 0.1) is 23.9 Å². The van der Waals surface area contributed by atoms with Crippen LogP contribution in [0.25, 0.3) is 17.1 Å². The molecule has 3 aromatic rings. The van der Waals surface area contributed by atoms with Gasteiger partial charge < -0.3 is 0 Å². The summed E-state index contributed by atoms with van der Waals surface area (Å²) in [5.41, 5.74) is 1.61. The van der Waals surface area contributed by atoms with Gasteiger partial charge in [0, 0.05) is 11.6 Å². The smallest absolute Gasteiger partial charge is 0.204 e. The van der Waals surface area contributed by atoms with E-state index in [1.54, 1.807) is 16.8 Å². The van der Waals surface area contributed by atoms with Crippen molar-refractivity contribution in [2.24, 2.45) is 0 Å². The fourth-order valence-corrected chi connectivity index (χ4v) is 6.04. The van der Waals surface area contributed by atoms with Crippen LogP contribution in [0.5, 0.6) is 0 Å². The van der Waals surface area contributed by atoms with Crippen molar-refractivity contribution >= 4 is 22.1 Å². The number of hydrogen-bond donors (Lipinski definition) is 0. The van der Waals surface area contributed by atoms with Gasteiger partial charge in [-0.05, 0) is 55.9 Å². The molecular formula is C22H25FN4O2S2. The predicted molar refractivity (Wildman–Crippen MR) is 122 cm³/mol. The Morgan fingerprint density at radius 2 is 1.87 bits per heavy atom. The van der Waals surface area contributed by atoms with E-state index in [1.165, 1.54) is 12.1 Å². The van der Waals surface area contributed by atoms with Gasteiger partial charge in [-0.15, -0.1) is 5.10 Å². The van der Waals surface area contributed by atoms with E-state index in [-0.39, 0.29) is 23.4 Å². The van der Waals surface area contributed by atoms with Crippen molar-refractivity contribution in [2.75, 3.05) is 18.1 Å². The van der Waals surface area contributed by atoms with Gasteiger partial charge in [0.2, 0.25) is 4.77 Å². The van der Waals surface area contributed by atoms with Gasteiger partial charge in [0.25, 0.3) is 0 Å². The molecule has 0 unspecified atom stereocenters. The molecule has 0 radical (unpaired) electrons. The van der Waals surface area contributed by atoms with E-state index in [4.69, 9.17) is 17.3 Å². The number of nitrogens with zero attached hydrogens (tertiary/aromatic N) is 4. The average molecular weight is 461 g/mol. The quantitative estimate of drug-likeness (QED) is 0.498. The van der Waals surface area contributed by atoms with E-state index >= 15 is 0 Å². The summed E-state index contributed by atoms with van der Waals surface area (Å²) >= 11 is 5.77. The third-order valence-electron chi connectivity index (χ3n) is 5.51. The van der Waals surface area contributed by atoms with Crippen LogP contribution in [0.1, 0.15) is 19.8 Å². The molecule has 1 atom stereocenters. The second kappa shape index (κ2) is 9.02. The minimum atomic E-state index is -2.99. The summed E-state index contributed by atoms with van der Waals surface area (Å²) in [5.74, 6) is 0.737. The maximum Gasteiger partial charge on any atom is 0.204 e. The van der Waals surface area contributed by atoms with Crippen molar-refractivity contribution in [3.63, 3.8) is 0 Å². The van der Waals surface area contributed by atoms with E-state index in [2.05, 4.69) is 11.8 Å². The number of benzene rings is 2. The van der Waals surface area contributed by atoms with Gasteiger partial charge in [0.15, 0.2) is 15.7 Å². The fourth-order valence-electron chi connectivity index (χ4n) is 3.99. The summed E-state index contributed by atoms with van der Waals surface area (Å²) in [6.07, 6.45) is 1.52. The molecule has 1 aliphatic rings. The van der Waals surface area contributed by atoms with Gasteiger partial charge in [-0.25, -0.2) is 17.5 Å². The van der Waals surface area contributed by atoms with E-state index < -0.39 is 9.84 Å². The SMILES string of the molecule is CCCN(Cn1nc(-c2ccccc2)n(-c2ccc(F)cc2)c1=S)[C@@H]1CCS(=O)(=O)C1. The number of rotatable bonds is 7. The van der Waals surface area contributed by atoms with Crippen LogP contribution in [0.2, 0.25) is 0 Å². The molecule has 1 fully saturated rings. The van der Waals surface area contributed by atoms with Crippen molar-refractivity contribution in [1.29, 1.82) is 0 Å². The van der Waals surface area contributed by atoms with Crippen molar-refractivity contribution in [1.82, 2.24) is 19.2 Å². The Bertz CT molecular complexity index is 1200. The summed E-state index contributed by atoms with van der Waals surface area (Å²) in [5, 5.41) is 4.80. The molecule has 0 spiro atoms. The maximum atomic E-state index is 13.5. The molecule has 1 aliphatic heterocycles.